The van der Waals surface area contributed by atoms with Gasteiger partial charge in [-0.2, -0.15) is 0 Å². The van der Waals surface area contributed by atoms with Crippen molar-refractivity contribution in [1.29, 1.82) is 0 Å². The van der Waals surface area contributed by atoms with E-state index in [0.29, 0.717) is 14.8 Å². The molecule has 1 aromatic heterocycles. The van der Waals surface area contributed by atoms with Gasteiger partial charge >= 0.3 is 5.97 Å². The van der Waals surface area contributed by atoms with E-state index in [9.17, 15) is 9.59 Å². The molecule has 0 saturated heterocycles. The van der Waals surface area contributed by atoms with Crippen LogP contribution < -0.4 is 0 Å². The van der Waals surface area contributed by atoms with Gasteiger partial charge in [-0.05, 0) is 55.0 Å². The van der Waals surface area contributed by atoms with Crippen molar-refractivity contribution in [1.82, 2.24) is 0 Å². The van der Waals surface area contributed by atoms with Crippen LogP contribution in [0.2, 0.25) is 4.34 Å². The lowest BCUT2D eigenvalue weighted by molar-refractivity contribution is 0.0479. The molecule has 1 aliphatic rings. The number of carbonyl (C=O) groups is 2. The number of thiophene rings is 1. The molecule has 1 heterocycles. The lowest BCUT2D eigenvalue weighted by atomic mass is 9.90. The van der Waals surface area contributed by atoms with Crippen LogP contribution in [0, 0.1) is 0 Å². The van der Waals surface area contributed by atoms with Crippen molar-refractivity contribution in [2.24, 2.45) is 0 Å². The van der Waals surface area contributed by atoms with Crippen molar-refractivity contribution in [3.8, 4) is 0 Å². The summed E-state index contributed by atoms with van der Waals surface area (Å²) in [5.74, 6) is -0.687. The fraction of sp³-hybridized carbons (Fsp3) is 0.294. The Morgan fingerprint density at radius 2 is 1.86 bits per heavy atom. The molecule has 2 aromatic rings. The summed E-state index contributed by atoms with van der Waals surface area (Å²) in [5.41, 5.74) is 3.18. The standard InChI is InChI=1S/C17H15ClO3S/c18-16-8-7-15(22-16)17(20)21-10-14(19)13-6-5-11-3-1-2-4-12(11)9-13/h5-9H,1-4,10H2. The number of carbonyl (C=O) groups excluding carboxylic acids is 2. The van der Waals surface area contributed by atoms with E-state index in [4.69, 9.17) is 16.3 Å². The summed E-state index contributed by atoms with van der Waals surface area (Å²) in [6, 6.07) is 9.00. The van der Waals surface area contributed by atoms with Crippen molar-refractivity contribution in [3.05, 3.63) is 56.2 Å². The number of rotatable bonds is 4. The highest BCUT2D eigenvalue weighted by Crippen LogP contribution is 2.23. The van der Waals surface area contributed by atoms with E-state index in [1.807, 2.05) is 18.2 Å². The van der Waals surface area contributed by atoms with Crippen molar-refractivity contribution in [2.45, 2.75) is 25.7 Å². The normalized spacial score (nSPS) is 13.5. The number of hydrogen-bond donors (Lipinski definition) is 0. The molecule has 0 radical (unpaired) electrons. The van der Waals surface area contributed by atoms with Gasteiger partial charge in [-0.15, -0.1) is 11.3 Å². The highest BCUT2D eigenvalue weighted by molar-refractivity contribution is 7.17. The molecule has 0 unspecified atom stereocenters. The second-order valence-electron chi connectivity index (χ2n) is 5.29. The number of ketones is 1. The lowest BCUT2D eigenvalue weighted by Crippen LogP contribution is -2.14. The highest BCUT2D eigenvalue weighted by Gasteiger charge is 2.16. The third-order valence-corrected chi connectivity index (χ3v) is 4.99. The molecule has 22 heavy (non-hydrogen) atoms. The van der Waals surface area contributed by atoms with Gasteiger partial charge in [-0.25, -0.2) is 4.79 Å². The van der Waals surface area contributed by atoms with Crippen molar-refractivity contribution in [3.63, 3.8) is 0 Å². The number of ether oxygens (including phenoxy) is 1. The Hall–Kier alpha value is -1.65. The van der Waals surface area contributed by atoms with Crippen LogP contribution in [0.3, 0.4) is 0 Å². The SMILES string of the molecule is O=C(COC(=O)c1ccc(Cl)s1)c1ccc2c(c1)CCCC2. The summed E-state index contributed by atoms with van der Waals surface area (Å²) in [6.07, 6.45) is 4.47. The number of Topliss-reactive ketones (excluding diaryl/α,β-unsaturated/α-hetero) is 1. The molecule has 0 fully saturated rings. The molecule has 3 nitrogen and oxygen atoms in total. The third kappa shape index (κ3) is 3.39. The Morgan fingerprint density at radius 3 is 2.59 bits per heavy atom. The van der Waals surface area contributed by atoms with Gasteiger partial charge in [-0.1, -0.05) is 23.7 Å². The fourth-order valence-electron chi connectivity index (χ4n) is 2.62. The van der Waals surface area contributed by atoms with Crippen molar-refractivity contribution in [2.75, 3.05) is 6.61 Å². The predicted octanol–water partition coefficient (Wildman–Crippen LogP) is 4.32. The zero-order valence-corrected chi connectivity index (χ0v) is 13.5. The quantitative estimate of drug-likeness (QED) is 0.617. The number of esters is 1. The molecule has 5 heteroatoms. The van der Waals surface area contributed by atoms with E-state index in [1.165, 1.54) is 24.0 Å². The maximum atomic E-state index is 12.2. The third-order valence-electron chi connectivity index (χ3n) is 3.78. The topological polar surface area (TPSA) is 43.4 Å². The molecule has 0 aliphatic heterocycles. The number of aryl methyl sites for hydroxylation is 2. The Balaban J connectivity index is 1.63. The van der Waals surface area contributed by atoms with Crippen molar-refractivity contribution >= 4 is 34.7 Å². The minimum Gasteiger partial charge on any atom is -0.453 e. The van der Waals surface area contributed by atoms with Crippen LogP contribution in [-0.4, -0.2) is 18.4 Å². The Kier molecular flexibility index (Phi) is 4.60. The van der Waals surface area contributed by atoms with Crippen LogP contribution in [-0.2, 0) is 17.6 Å². The van der Waals surface area contributed by atoms with Gasteiger partial charge in [0.05, 0.1) is 4.34 Å². The van der Waals surface area contributed by atoms with E-state index in [1.54, 1.807) is 12.1 Å². The first-order valence-corrected chi connectivity index (χ1v) is 8.40. The first-order valence-electron chi connectivity index (χ1n) is 7.21. The number of benzene rings is 1. The average molecular weight is 335 g/mol. The molecular weight excluding hydrogens is 320 g/mol. The molecule has 1 aromatic carbocycles. The molecule has 0 bridgehead atoms. The molecule has 0 amide bonds. The van der Waals surface area contributed by atoms with E-state index < -0.39 is 5.97 Å². The maximum absolute atomic E-state index is 12.2. The fourth-order valence-corrected chi connectivity index (χ4v) is 3.55. The molecule has 0 atom stereocenters. The molecular formula is C17H15ClO3S. The summed E-state index contributed by atoms with van der Waals surface area (Å²) in [6.45, 7) is -0.243. The van der Waals surface area contributed by atoms with Crippen LogP contribution in [0.25, 0.3) is 0 Å². The van der Waals surface area contributed by atoms with Gasteiger partial charge in [0.2, 0.25) is 0 Å². The van der Waals surface area contributed by atoms with Crippen LogP contribution in [0.15, 0.2) is 30.3 Å². The second-order valence-corrected chi connectivity index (χ2v) is 7.01. The molecule has 3 rings (SSSR count). The minimum atomic E-state index is -0.511. The highest BCUT2D eigenvalue weighted by atomic mass is 35.5. The Labute approximate surface area is 137 Å². The average Bonchev–Trinajstić information content (AvgIpc) is 2.98. The Morgan fingerprint density at radius 1 is 1.09 bits per heavy atom. The number of fused-ring (bicyclic) bond motifs is 1. The summed E-state index contributed by atoms with van der Waals surface area (Å²) in [7, 11) is 0. The number of halogens is 1. The second kappa shape index (κ2) is 6.63. The van der Waals surface area contributed by atoms with Crippen LogP contribution in [0.5, 0.6) is 0 Å². The van der Waals surface area contributed by atoms with Gasteiger partial charge in [0, 0.05) is 5.56 Å². The Bertz CT molecular complexity index is 720. The van der Waals surface area contributed by atoms with Gasteiger partial charge in [0.1, 0.15) is 4.88 Å². The van der Waals surface area contributed by atoms with Gasteiger partial charge in [0.25, 0.3) is 0 Å². The van der Waals surface area contributed by atoms with Gasteiger partial charge < -0.3 is 4.74 Å². The summed E-state index contributed by atoms with van der Waals surface area (Å²) < 4.78 is 5.59. The van der Waals surface area contributed by atoms with Crippen LogP contribution in [0.1, 0.15) is 44.0 Å². The van der Waals surface area contributed by atoms with Crippen molar-refractivity contribution < 1.29 is 14.3 Å². The zero-order chi connectivity index (χ0) is 15.5. The van der Waals surface area contributed by atoms with Gasteiger partial charge in [0.15, 0.2) is 12.4 Å². The predicted molar refractivity (Wildman–Crippen MR) is 87.0 cm³/mol. The maximum Gasteiger partial charge on any atom is 0.348 e. The van der Waals surface area contributed by atoms with E-state index >= 15 is 0 Å². The monoisotopic (exact) mass is 334 g/mol. The number of hydrogen-bond acceptors (Lipinski definition) is 4. The molecule has 0 N–H and O–H groups in total. The van der Waals surface area contributed by atoms with Crippen LogP contribution >= 0.6 is 22.9 Å². The van der Waals surface area contributed by atoms with Gasteiger partial charge in [-0.3, -0.25) is 4.79 Å². The molecule has 114 valence electrons. The minimum absolute atomic E-state index is 0.177. The van der Waals surface area contributed by atoms with Crippen LogP contribution in [0.4, 0.5) is 0 Å². The molecule has 1 aliphatic carbocycles. The summed E-state index contributed by atoms with van der Waals surface area (Å²) in [5, 5.41) is 0. The van der Waals surface area contributed by atoms with E-state index in [2.05, 4.69) is 0 Å². The first-order chi connectivity index (χ1) is 10.6. The van der Waals surface area contributed by atoms with E-state index in [-0.39, 0.29) is 12.4 Å². The lowest BCUT2D eigenvalue weighted by Gasteiger charge is -2.16. The molecule has 0 spiro atoms. The van der Waals surface area contributed by atoms with E-state index in [0.717, 1.165) is 24.2 Å². The smallest absolute Gasteiger partial charge is 0.348 e. The largest absolute Gasteiger partial charge is 0.453 e. The molecule has 0 saturated carbocycles. The first kappa shape index (κ1) is 15.3. The summed E-state index contributed by atoms with van der Waals surface area (Å²) >= 11 is 6.92. The zero-order valence-electron chi connectivity index (χ0n) is 11.9. The summed E-state index contributed by atoms with van der Waals surface area (Å²) in [4.78, 5) is 24.4.